The Morgan fingerprint density at radius 2 is 1.97 bits per heavy atom. The number of benzene rings is 1. The summed E-state index contributed by atoms with van der Waals surface area (Å²) in [7, 11) is -6.93. The lowest BCUT2D eigenvalue weighted by molar-refractivity contribution is -0.164. The van der Waals surface area contributed by atoms with E-state index in [2.05, 4.69) is 5.09 Å². The highest BCUT2D eigenvalue weighted by molar-refractivity contribution is 7.51. The van der Waals surface area contributed by atoms with Crippen LogP contribution in [0.3, 0.4) is 0 Å². The van der Waals surface area contributed by atoms with Crippen LogP contribution in [0.25, 0.3) is 0 Å². The molecule has 3 aliphatic rings. The first-order valence-corrected chi connectivity index (χ1v) is 14.1. The minimum atomic E-state index is -4.20. The lowest BCUT2D eigenvalue weighted by Crippen LogP contribution is -2.71. The van der Waals surface area contributed by atoms with E-state index in [1.807, 2.05) is 42.2 Å². The molecule has 10 heteroatoms. The van der Waals surface area contributed by atoms with Gasteiger partial charge in [0.05, 0.1) is 23.4 Å². The summed E-state index contributed by atoms with van der Waals surface area (Å²) in [4.78, 5) is 28.5. The van der Waals surface area contributed by atoms with E-state index in [9.17, 15) is 14.2 Å². The molecule has 202 valence electrons. The first kappa shape index (κ1) is 24.7. The second kappa shape index (κ2) is 12.3. The maximum absolute atomic E-state index is 14.1. The molecule has 0 spiro atoms. The minimum absolute atomic E-state index is 0.0278. The van der Waals surface area contributed by atoms with E-state index in [1.54, 1.807) is 27.7 Å². The topological polar surface area (TPSA) is 103 Å². The van der Waals surface area contributed by atoms with Crippen molar-refractivity contribution in [3.63, 3.8) is 0 Å². The van der Waals surface area contributed by atoms with E-state index in [1.165, 1.54) is 0 Å². The van der Waals surface area contributed by atoms with Crippen LogP contribution in [-0.4, -0.2) is 67.2 Å². The number of nitrogens with one attached hydrogen (secondary N) is 1. The lowest BCUT2D eigenvalue weighted by atomic mass is 9.71. The molecule has 3 saturated heterocycles. The van der Waals surface area contributed by atoms with Gasteiger partial charge in [-0.05, 0) is 45.1 Å². The zero-order chi connectivity index (χ0) is 29.0. The fourth-order valence-electron chi connectivity index (χ4n) is 5.07. The Labute approximate surface area is 219 Å². The second-order valence-corrected chi connectivity index (χ2v) is 12.0. The number of Topliss-reactive ketones (excluding diaryl/α,β-unsaturated/α-hetero) is 1. The van der Waals surface area contributed by atoms with E-state index >= 15 is 0 Å². The van der Waals surface area contributed by atoms with Gasteiger partial charge in [0.1, 0.15) is 18.2 Å². The van der Waals surface area contributed by atoms with E-state index in [-0.39, 0.29) is 30.3 Å². The van der Waals surface area contributed by atoms with E-state index in [4.69, 9.17) is 22.6 Å². The van der Waals surface area contributed by atoms with Gasteiger partial charge < -0.3 is 9.47 Å². The van der Waals surface area contributed by atoms with Gasteiger partial charge in [0, 0.05) is 25.5 Å². The molecule has 0 amide bonds. The molecule has 3 fully saturated rings. The standard InChI is InChI=1S/C26H41N2O7P/c1-18(2)23(25(30)33-15-21-10-8-7-9-11-21)27-36(31,35-19(3)4)34-17-26(16-32-6)24(29)22-12-13-28(26)20(5)14-22/h7-11,18-20,22-23H,12-17H2,1-6H3,(H,27,31)/t20-,22+,23+,26+,36?/m1/s1/i6D3. The number of carbonyl (C=O) groups is 2. The van der Waals surface area contributed by atoms with Crippen LogP contribution < -0.4 is 5.09 Å². The molecule has 1 aromatic rings. The molecular formula is C26H41N2O7P. The Kier molecular flexibility index (Phi) is 8.44. The van der Waals surface area contributed by atoms with Crippen LogP contribution in [0.5, 0.6) is 0 Å². The zero-order valence-corrected chi connectivity index (χ0v) is 22.7. The maximum atomic E-state index is 14.1. The van der Waals surface area contributed by atoms with Crippen LogP contribution in [-0.2, 0) is 39.3 Å². The Balaban J connectivity index is 1.82. The highest BCUT2D eigenvalue weighted by Gasteiger charge is 2.56. The van der Waals surface area contributed by atoms with Gasteiger partial charge in [-0.25, -0.2) is 9.65 Å². The molecule has 3 aliphatic heterocycles. The third kappa shape index (κ3) is 6.63. The number of methoxy groups -OCH3 is 1. The van der Waals surface area contributed by atoms with Crippen LogP contribution in [0.4, 0.5) is 0 Å². The molecule has 0 saturated carbocycles. The highest BCUT2D eigenvalue weighted by atomic mass is 31.2. The number of piperidine rings is 3. The van der Waals surface area contributed by atoms with Crippen molar-refractivity contribution in [1.82, 2.24) is 9.99 Å². The van der Waals surface area contributed by atoms with Crippen molar-refractivity contribution >= 4 is 19.5 Å². The van der Waals surface area contributed by atoms with E-state index in [0.29, 0.717) is 19.4 Å². The van der Waals surface area contributed by atoms with Gasteiger partial charge in [0.25, 0.3) is 0 Å². The third-order valence-electron chi connectivity index (χ3n) is 6.83. The zero-order valence-electron chi connectivity index (χ0n) is 24.8. The second-order valence-electron chi connectivity index (χ2n) is 10.3. The summed E-state index contributed by atoms with van der Waals surface area (Å²) >= 11 is 0. The van der Waals surface area contributed by atoms with Gasteiger partial charge in [0.15, 0.2) is 5.78 Å². The van der Waals surface area contributed by atoms with Gasteiger partial charge in [-0.1, -0.05) is 44.2 Å². The summed E-state index contributed by atoms with van der Waals surface area (Å²) in [5.74, 6) is -1.45. The molecule has 0 aliphatic carbocycles. The number of rotatable bonds is 13. The number of fused-ring (bicyclic) bond motifs is 3. The van der Waals surface area contributed by atoms with Crippen molar-refractivity contribution in [2.75, 3.05) is 26.8 Å². The van der Waals surface area contributed by atoms with Crippen molar-refractivity contribution in [3.8, 4) is 0 Å². The Hall–Kier alpha value is -1.61. The van der Waals surface area contributed by atoms with Crippen LogP contribution in [0.2, 0.25) is 0 Å². The molecule has 0 aromatic heterocycles. The molecule has 1 aromatic carbocycles. The summed E-state index contributed by atoms with van der Waals surface area (Å²) in [5.41, 5.74) is -0.648. The molecule has 2 unspecified atom stereocenters. The number of hydrogen-bond acceptors (Lipinski definition) is 8. The molecule has 0 radical (unpaired) electrons. The highest BCUT2D eigenvalue weighted by Crippen LogP contribution is 2.49. The average molecular weight is 528 g/mol. The van der Waals surface area contributed by atoms with Crippen LogP contribution in [0.1, 0.15) is 57.1 Å². The average Bonchev–Trinajstić information content (AvgIpc) is 2.85. The molecular weight excluding hydrogens is 483 g/mol. The summed E-state index contributed by atoms with van der Waals surface area (Å²) in [6.45, 7) is 8.55. The summed E-state index contributed by atoms with van der Waals surface area (Å²) in [5, 5.41) is 2.75. The van der Waals surface area contributed by atoms with E-state index in [0.717, 1.165) is 5.56 Å². The lowest BCUT2D eigenvalue weighted by Gasteiger charge is -2.55. The Morgan fingerprint density at radius 1 is 1.25 bits per heavy atom. The van der Waals surface area contributed by atoms with Crippen molar-refractivity contribution in [2.24, 2.45) is 11.8 Å². The first-order valence-electron chi connectivity index (χ1n) is 14.0. The maximum Gasteiger partial charge on any atom is 0.406 e. The first-order chi connectivity index (χ1) is 18.2. The fraction of sp³-hybridized carbons (Fsp3) is 0.692. The minimum Gasteiger partial charge on any atom is -0.460 e. The largest absolute Gasteiger partial charge is 0.460 e. The quantitative estimate of drug-likeness (QED) is 0.302. The smallest absolute Gasteiger partial charge is 0.406 e. The predicted octanol–water partition coefficient (Wildman–Crippen LogP) is 3.96. The Morgan fingerprint density at radius 3 is 2.58 bits per heavy atom. The predicted molar refractivity (Wildman–Crippen MR) is 136 cm³/mol. The Bertz CT molecular complexity index is 1040. The van der Waals surface area contributed by atoms with Crippen molar-refractivity contribution in [3.05, 3.63) is 35.9 Å². The van der Waals surface area contributed by atoms with Crippen molar-refractivity contribution in [2.45, 2.75) is 77.8 Å². The summed E-state index contributed by atoms with van der Waals surface area (Å²) in [6.07, 6.45) is 0.749. The molecule has 2 bridgehead atoms. The summed E-state index contributed by atoms with van der Waals surface area (Å²) < 4.78 is 58.8. The third-order valence-corrected chi connectivity index (χ3v) is 8.59. The molecule has 6 atom stereocenters. The number of nitrogens with zero attached hydrogens (tertiary/aromatic N) is 1. The van der Waals surface area contributed by atoms with Crippen LogP contribution >= 0.6 is 7.75 Å². The number of ether oxygens (including phenoxy) is 2. The molecule has 3 heterocycles. The van der Waals surface area contributed by atoms with Gasteiger partial charge in [-0.2, -0.15) is 0 Å². The molecule has 36 heavy (non-hydrogen) atoms. The van der Waals surface area contributed by atoms with E-state index < -0.39 is 51.7 Å². The normalized spacial score (nSPS) is 29.9. The fourth-order valence-corrected chi connectivity index (χ4v) is 6.95. The van der Waals surface area contributed by atoms with Gasteiger partial charge >= 0.3 is 13.7 Å². The van der Waals surface area contributed by atoms with Crippen molar-refractivity contribution < 1.29 is 36.8 Å². The van der Waals surface area contributed by atoms with Gasteiger partial charge in [-0.3, -0.25) is 23.5 Å². The molecule has 9 nitrogen and oxygen atoms in total. The number of hydrogen-bond donors (Lipinski definition) is 1. The van der Waals surface area contributed by atoms with Crippen LogP contribution in [0.15, 0.2) is 30.3 Å². The summed E-state index contributed by atoms with van der Waals surface area (Å²) in [6, 6.07) is 8.12. The number of carbonyl (C=O) groups excluding carboxylic acids is 2. The monoisotopic (exact) mass is 527 g/mol. The molecule has 4 rings (SSSR count). The SMILES string of the molecule is [2H]C([2H])([2H])OC[C@]1(COP(=O)(N[C@H](C(=O)OCc2ccccc2)C(C)C)OC(C)C)C(=O)[C@H]2CCN1[C@H](C)C2. The number of ketones is 1. The molecule has 1 N–H and O–H groups in total. The van der Waals surface area contributed by atoms with Gasteiger partial charge in [-0.15, -0.1) is 0 Å². The number of esters is 1. The van der Waals surface area contributed by atoms with Crippen LogP contribution in [0, 0.1) is 11.8 Å². The van der Waals surface area contributed by atoms with Gasteiger partial charge in [0.2, 0.25) is 0 Å². The van der Waals surface area contributed by atoms with Crippen molar-refractivity contribution in [1.29, 1.82) is 0 Å².